The van der Waals surface area contributed by atoms with E-state index in [-0.39, 0.29) is 18.1 Å². The third-order valence-electron chi connectivity index (χ3n) is 3.06. The van der Waals surface area contributed by atoms with Crippen LogP contribution in [-0.2, 0) is 11.2 Å². The summed E-state index contributed by atoms with van der Waals surface area (Å²) in [7, 11) is 0. The van der Waals surface area contributed by atoms with Crippen molar-refractivity contribution in [3.63, 3.8) is 0 Å². The van der Waals surface area contributed by atoms with E-state index in [0.29, 0.717) is 0 Å². The summed E-state index contributed by atoms with van der Waals surface area (Å²) >= 11 is 0. The van der Waals surface area contributed by atoms with Gasteiger partial charge in [-0.05, 0) is 37.8 Å². The fourth-order valence-electron chi connectivity index (χ4n) is 2.11. The SMILES string of the molecule is CC(Cc1ccoc1)NC(=O)NC1CCOCC1. The highest BCUT2D eigenvalue weighted by atomic mass is 16.5. The van der Waals surface area contributed by atoms with Crippen molar-refractivity contribution in [1.82, 2.24) is 10.6 Å². The van der Waals surface area contributed by atoms with Crippen LogP contribution in [0.4, 0.5) is 4.79 Å². The number of amides is 2. The van der Waals surface area contributed by atoms with Gasteiger partial charge in [0, 0.05) is 25.3 Å². The summed E-state index contributed by atoms with van der Waals surface area (Å²) in [6.45, 7) is 3.45. The summed E-state index contributed by atoms with van der Waals surface area (Å²) in [5.74, 6) is 0. The van der Waals surface area contributed by atoms with Crippen LogP contribution in [0.5, 0.6) is 0 Å². The van der Waals surface area contributed by atoms with E-state index in [0.717, 1.165) is 38.0 Å². The molecule has 2 rings (SSSR count). The molecule has 0 bridgehead atoms. The highest BCUT2D eigenvalue weighted by Crippen LogP contribution is 2.06. The van der Waals surface area contributed by atoms with Crippen LogP contribution in [0.2, 0.25) is 0 Å². The minimum Gasteiger partial charge on any atom is -0.472 e. The lowest BCUT2D eigenvalue weighted by atomic mass is 10.1. The van der Waals surface area contributed by atoms with Crippen LogP contribution in [0.25, 0.3) is 0 Å². The van der Waals surface area contributed by atoms with Gasteiger partial charge in [0.25, 0.3) is 0 Å². The molecule has 1 fully saturated rings. The summed E-state index contributed by atoms with van der Waals surface area (Å²) in [5, 5.41) is 5.91. The lowest BCUT2D eigenvalue weighted by Gasteiger charge is -2.24. The molecule has 0 radical (unpaired) electrons. The summed E-state index contributed by atoms with van der Waals surface area (Å²) in [5.41, 5.74) is 1.09. The maximum absolute atomic E-state index is 11.8. The summed E-state index contributed by atoms with van der Waals surface area (Å²) in [6, 6.07) is 2.13. The Bertz CT molecular complexity index is 358. The Morgan fingerprint density at radius 1 is 1.50 bits per heavy atom. The maximum Gasteiger partial charge on any atom is 0.315 e. The minimum absolute atomic E-state index is 0.0856. The molecule has 5 heteroatoms. The molecule has 1 aromatic rings. The number of hydrogen-bond acceptors (Lipinski definition) is 3. The molecule has 0 aliphatic carbocycles. The molecule has 1 saturated heterocycles. The van der Waals surface area contributed by atoms with Crippen molar-refractivity contribution in [2.75, 3.05) is 13.2 Å². The monoisotopic (exact) mass is 252 g/mol. The average molecular weight is 252 g/mol. The minimum atomic E-state index is -0.0992. The molecule has 0 saturated carbocycles. The van der Waals surface area contributed by atoms with Crippen LogP contribution in [0.3, 0.4) is 0 Å². The first-order valence-electron chi connectivity index (χ1n) is 6.40. The Morgan fingerprint density at radius 2 is 2.28 bits per heavy atom. The first-order valence-corrected chi connectivity index (χ1v) is 6.40. The van der Waals surface area contributed by atoms with Gasteiger partial charge in [-0.2, -0.15) is 0 Å². The second-order valence-electron chi connectivity index (χ2n) is 4.74. The van der Waals surface area contributed by atoms with Crippen molar-refractivity contribution in [1.29, 1.82) is 0 Å². The first kappa shape index (κ1) is 13.0. The van der Waals surface area contributed by atoms with Crippen molar-refractivity contribution in [3.8, 4) is 0 Å². The van der Waals surface area contributed by atoms with Gasteiger partial charge in [-0.1, -0.05) is 0 Å². The number of furan rings is 1. The van der Waals surface area contributed by atoms with Crippen LogP contribution in [0, 0.1) is 0 Å². The molecule has 2 N–H and O–H groups in total. The van der Waals surface area contributed by atoms with Gasteiger partial charge < -0.3 is 19.8 Å². The van der Waals surface area contributed by atoms with Gasteiger partial charge in [-0.15, -0.1) is 0 Å². The molecule has 5 nitrogen and oxygen atoms in total. The molecule has 1 unspecified atom stereocenters. The molecular weight excluding hydrogens is 232 g/mol. The maximum atomic E-state index is 11.8. The Hall–Kier alpha value is -1.49. The standard InChI is InChI=1S/C13H20N2O3/c1-10(8-11-2-5-18-9-11)14-13(16)15-12-3-6-17-7-4-12/h2,5,9-10,12H,3-4,6-8H2,1H3,(H2,14,15,16). The Morgan fingerprint density at radius 3 is 2.94 bits per heavy atom. The lowest BCUT2D eigenvalue weighted by Crippen LogP contribution is -2.47. The largest absolute Gasteiger partial charge is 0.472 e. The highest BCUT2D eigenvalue weighted by Gasteiger charge is 2.17. The third kappa shape index (κ3) is 4.07. The van der Waals surface area contributed by atoms with E-state index in [1.54, 1.807) is 12.5 Å². The van der Waals surface area contributed by atoms with Crippen LogP contribution in [0.1, 0.15) is 25.3 Å². The molecule has 100 valence electrons. The van der Waals surface area contributed by atoms with Gasteiger partial charge in [0.2, 0.25) is 0 Å². The number of nitrogens with one attached hydrogen (secondary N) is 2. The number of hydrogen-bond donors (Lipinski definition) is 2. The molecule has 2 heterocycles. The number of urea groups is 1. The van der Waals surface area contributed by atoms with E-state index in [9.17, 15) is 4.79 Å². The fourth-order valence-corrected chi connectivity index (χ4v) is 2.11. The fraction of sp³-hybridized carbons (Fsp3) is 0.615. The Labute approximate surface area is 107 Å². The van der Waals surface area contributed by atoms with E-state index in [1.807, 2.05) is 13.0 Å². The van der Waals surface area contributed by atoms with E-state index in [1.165, 1.54) is 0 Å². The predicted molar refractivity (Wildman–Crippen MR) is 67.4 cm³/mol. The molecular formula is C13H20N2O3. The normalized spacial score (nSPS) is 18.3. The smallest absolute Gasteiger partial charge is 0.315 e. The van der Waals surface area contributed by atoms with E-state index < -0.39 is 0 Å². The van der Waals surface area contributed by atoms with E-state index in [2.05, 4.69) is 10.6 Å². The summed E-state index contributed by atoms with van der Waals surface area (Å²) < 4.78 is 10.3. The quantitative estimate of drug-likeness (QED) is 0.857. The van der Waals surface area contributed by atoms with Crippen LogP contribution < -0.4 is 10.6 Å². The average Bonchev–Trinajstić information content (AvgIpc) is 2.82. The van der Waals surface area contributed by atoms with Gasteiger partial charge in [0.1, 0.15) is 0 Å². The highest BCUT2D eigenvalue weighted by molar-refractivity contribution is 5.74. The molecule has 1 aliphatic rings. The van der Waals surface area contributed by atoms with Crippen molar-refractivity contribution in [2.45, 2.75) is 38.3 Å². The first-order chi connectivity index (χ1) is 8.74. The zero-order valence-corrected chi connectivity index (χ0v) is 10.6. The third-order valence-corrected chi connectivity index (χ3v) is 3.06. The summed E-state index contributed by atoms with van der Waals surface area (Å²) in [4.78, 5) is 11.8. The number of carbonyl (C=O) groups excluding carboxylic acids is 1. The van der Waals surface area contributed by atoms with Gasteiger partial charge >= 0.3 is 6.03 Å². The van der Waals surface area contributed by atoms with Crippen LogP contribution in [-0.4, -0.2) is 31.3 Å². The molecule has 2 amide bonds. The Balaban J connectivity index is 1.69. The van der Waals surface area contributed by atoms with Gasteiger partial charge in [-0.25, -0.2) is 4.79 Å². The van der Waals surface area contributed by atoms with Crippen molar-refractivity contribution in [2.24, 2.45) is 0 Å². The van der Waals surface area contributed by atoms with Crippen molar-refractivity contribution >= 4 is 6.03 Å². The van der Waals surface area contributed by atoms with E-state index in [4.69, 9.17) is 9.15 Å². The molecule has 0 aromatic carbocycles. The Kier molecular flexibility index (Phi) is 4.64. The van der Waals surface area contributed by atoms with Crippen LogP contribution >= 0.6 is 0 Å². The van der Waals surface area contributed by atoms with Gasteiger partial charge in [0.15, 0.2) is 0 Å². The predicted octanol–water partition coefficient (Wildman–Crippen LogP) is 1.69. The molecule has 1 aromatic heterocycles. The van der Waals surface area contributed by atoms with Crippen molar-refractivity contribution in [3.05, 3.63) is 24.2 Å². The lowest BCUT2D eigenvalue weighted by molar-refractivity contribution is 0.0800. The van der Waals surface area contributed by atoms with Gasteiger partial charge in [-0.3, -0.25) is 0 Å². The molecule has 18 heavy (non-hydrogen) atoms. The number of carbonyl (C=O) groups is 1. The zero-order valence-electron chi connectivity index (χ0n) is 10.6. The van der Waals surface area contributed by atoms with Crippen LogP contribution in [0.15, 0.2) is 23.0 Å². The topological polar surface area (TPSA) is 63.5 Å². The summed E-state index contributed by atoms with van der Waals surface area (Å²) in [6.07, 6.45) is 5.91. The number of rotatable bonds is 4. The second kappa shape index (κ2) is 6.44. The molecule has 1 atom stereocenters. The zero-order chi connectivity index (χ0) is 12.8. The molecule has 1 aliphatic heterocycles. The number of ether oxygens (including phenoxy) is 1. The molecule has 0 spiro atoms. The van der Waals surface area contributed by atoms with E-state index >= 15 is 0 Å². The second-order valence-corrected chi connectivity index (χ2v) is 4.74. The van der Waals surface area contributed by atoms with Crippen molar-refractivity contribution < 1.29 is 13.9 Å². The van der Waals surface area contributed by atoms with Gasteiger partial charge in [0.05, 0.1) is 12.5 Å².